The van der Waals surface area contributed by atoms with Crippen molar-refractivity contribution in [2.75, 3.05) is 36.6 Å². The molecule has 0 radical (unpaired) electrons. The maximum Gasteiger partial charge on any atom is 0.282 e. The fraction of sp³-hybridized carbons (Fsp3) is 0.222. The fourth-order valence-corrected chi connectivity index (χ4v) is 3.10. The third kappa shape index (κ3) is 3.32. The number of carbonyl (C=O) groups excluding carboxylic acids is 1. The zero-order valence-corrected chi connectivity index (χ0v) is 14.4. The van der Waals surface area contributed by atoms with Crippen molar-refractivity contribution in [3.8, 4) is 0 Å². The average molecular weight is 367 g/mol. The number of aromatic nitrogens is 2. The lowest BCUT2D eigenvalue weighted by Crippen LogP contribution is -2.36. The molecule has 1 fully saturated rings. The maximum absolute atomic E-state index is 12.8. The molecule has 27 heavy (non-hydrogen) atoms. The Bertz CT molecular complexity index is 1010. The van der Waals surface area contributed by atoms with Gasteiger partial charge in [0.25, 0.3) is 11.6 Å². The number of nitrogens with zero attached hydrogens (tertiary/aromatic N) is 4. The molecule has 0 unspecified atom stereocenters. The van der Waals surface area contributed by atoms with Crippen molar-refractivity contribution in [2.45, 2.75) is 0 Å². The Kier molecular flexibility index (Phi) is 4.43. The molecule has 2 aromatic carbocycles. The molecule has 1 aromatic heterocycles. The van der Waals surface area contributed by atoms with E-state index in [2.05, 4.69) is 10.4 Å². The highest BCUT2D eigenvalue weighted by molar-refractivity contribution is 6.04. The van der Waals surface area contributed by atoms with Gasteiger partial charge in [0.15, 0.2) is 0 Å². The topological polar surface area (TPSA) is 103 Å². The molecule has 4 rings (SSSR count). The first kappa shape index (κ1) is 17.0. The number of para-hydroxylation sites is 2. The number of nitro groups is 1. The summed E-state index contributed by atoms with van der Waals surface area (Å²) in [7, 11) is 0. The van der Waals surface area contributed by atoms with E-state index in [4.69, 9.17) is 4.74 Å². The molecule has 0 spiro atoms. The SMILES string of the molecule is O=C(Nn1cnc2ccccc21)c1cc(N2CCOCC2)ccc1[N+](=O)[O-]. The lowest BCUT2D eigenvalue weighted by molar-refractivity contribution is -0.385. The average Bonchev–Trinajstić information content (AvgIpc) is 3.11. The van der Waals surface area contributed by atoms with Crippen LogP contribution in [-0.4, -0.2) is 46.8 Å². The van der Waals surface area contributed by atoms with Gasteiger partial charge < -0.3 is 9.64 Å². The van der Waals surface area contributed by atoms with Gasteiger partial charge in [-0.05, 0) is 24.3 Å². The van der Waals surface area contributed by atoms with Crippen LogP contribution < -0.4 is 10.3 Å². The van der Waals surface area contributed by atoms with Gasteiger partial charge in [0, 0.05) is 24.8 Å². The minimum Gasteiger partial charge on any atom is -0.378 e. The molecule has 0 bridgehead atoms. The minimum absolute atomic E-state index is 0.00164. The summed E-state index contributed by atoms with van der Waals surface area (Å²) in [6.07, 6.45) is 1.47. The van der Waals surface area contributed by atoms with Gasteiger partial charge in [-0.1, -0.05) is 12.1 Å². The van der Waals surface area contributed by atoms with E-state index in [1.807, 2.05) is 23.1 Å². The second-order valence-electron chi connectivity index (χ2n) is 6.10. The molecule has 9 nitrogen and oxygen atoms in total. The molecule has 1 aliphatic heterocycles. The van der Waals surface area contributed by atoms with E-state index >= 15 is 0 Å². The molecule has 1 amide bonds. The summed E-state index contributed by atoms with van der Waals surface area (Å²) in [6, 6.07) is 11.9. The van der Waals surface area contributed by atoms with Crippen LogP contribution in [0, 0.1) is 10.1 Å². The molecule has 138 valence electrons. The molecule has 0 atom stereocenters. The Balaban J connectivity index is 1.67. The maximum atomic E-state index is 12.8. The summed E-state index contributed by atoms with van der Waals surface area (Å²) in [6.45, 7) is 2.51. The van der Waals surface area contributed by atoms with E-state index in [1.165, 1.54) is 17.1 Å². The van der Waals surface area contributed by atoms with Crippen molar-refractivity contribution >= 4 is 28.3 Å². The van der Waals surface area contributed by atoms with Crippen LogP contribution in [0.4, 0.5) is 11.4 Å². The van der Waals surface area contributed by atoms with Crippen molar-refractivity contribution in [3.05, 3.63) is 64.5 Å². The van der Waals surface area contributed by atoms with Gasteiger partial charge in [-0.2, -0.15) is 0 Å². The first-order chi connectivity index (χ1) is 13.1. The third-order valence-corrected chi connectivity index (χ3v) is 4.47. The predicted molar refractivity (Wildman–Crippen MR) is 99.6 cm³/mol. The smallest absolute Gasteiger partial charge is 0.282 e. The molecular weight excluding hydrogens is 350 g/mol. The zero-order valence-electron chi connectivity index (χ0n) is 14.4. The van der Waals surface area contributed by atoms with Gasteiger partial charge in [-0.15, -0.1) is 0 Å². The van der Waals surface area contributed by atoms with Crippen LogP contribution in [-0.2, 0) is 4.74 Å². The van der Waals surface area contributed by atoms with E-state index in [0.29, 0.717) is 31.8 Å². The van der Waals surface area contributed by atoms with Crippen molar-refractivity contribution in [1.29, 1.82) is 0 Å². The Morgan fingerprint density at radius 3 is 2.74 bits per heavy atom. The molecular formula is C18H17N5O4. The third-order valence-electron chi connectivity index (χ3n) is 4.47. The number of fused-ring (bicyclic) bond motifs is 1. The molecule has 1 aliphatic rings. The van der Waals surface area contributed by atoms with Crippen LogP contribution in [0.25, 0.3) is 11.0 Å². The van der Waals surface area contributed by atoms with Crippen molar-refractivity contribution < 1.29 is 14.5 Å². The van der Waals surface area contributed by atoms with Crippen molar-refractivity contribution in [3.63, 3.8) is 0 Å². The molecule has 2 heterocycles. The van der Waals surface area contributed by atoms with Crippen LogP contribution >= 0.6 is 0 Å². The molecule has 1 N–H and O–H groups in total. The zero-order chi connectivity index (χ0) is 18.8. The molecule has 3 aromatic rings. The number of imidazole rings is 1. The highest BCUT2D eigenvalue weighted by Gasteiger charge is 2.23. The van der Waals surface area contributed by atoms with Crippen LogP contribution in [0.2, 0.25) is 0 Å². The number of morpholine rings is 1. The molecule has 9 heteroatoms. The first-order valence-electron chi connectivity index (χ1n) is 8.48. The van der Waals surface area contributed by atoms with Gasteiger partial charge in [-0.25, -0.2) is 9.66 Å². The molecule has 0 aliphatic carbocycles. The summed E-state index contributed by atoms with van der Waals surface area (Å²) < 4.78 is 6.79. The number of ether oxygens (including phenoxy) is 1. The van der Waals surface area contributed by atoms with E-state index in [-0.39, 0.29) is 11.3 Å². The number of nitro benzene ring substituents is 1. The highest BCUT2D eigenvalue weighted by Crippen LogP contribution is 2.26. The van der Waals surface area contributed by atoms with Crippen LogP contribution in [0.5, 0.6) is 0 Å². The Labute approximate surface area is 154 Å². The van der Waals surface area contributed by atoms with Gasteiger partial charge in [0.1, 0.15) is 11.9 Å². The Morgan fingerprint density at radius 2 is 1.96 bits per heavy atom. The molecule has 1 saturated heterocycles. The van der Waals surface area contributed by atoms with Crippen LogP contribution in [0.15, 0.2) is 48.8 Å². The lowest BCUT2D eigenvalue weighted by Gasteiger charge is -2.29. The fourth-order valence-electron chi connectivity index (χ4n) is 3.10. The normalized spacial score (nSPS) is 14.3. The van der Waals surface area contributed by atoms with E-state index in [9.17, 15) is 14.9 Å². The standard InChI is InChI=1S/C18H17N5O4/c24-18(20-22-12-19-15-3-1-2-4-17(15)22)14-11-13(5-6-16(14)23(25)26)21-7-9-27-10-8-21/h1-6,11-12H,7-10H2,(H,20,24). The van der Waals surface area contributed by atoms with Crippen LogP contribution in [0.3, 0.4) is 0 Å². The van der Waals surface area contributed by atoms with E-state index < -0.39 is 10.8 Å². The summed E-state index contributed by atoms with van der Waals surface area (Å²) in [5.41, 5.74) is 4.61. The van der Waals surface area contributed by atoms with Crippen LogP contribution in [0.1, 0.15) is 10.4 Å². The van der Waals surface area contributed by atoms with Gasteiger partial charge in [0.2, 0.25) is 0 Å². The quantitative estimate of drug-likeness (QED) is 0.560. The molecule has 0 saturated carbocycles. The van der Waals surface area contributed by atoms with Gasteiger partial charge in [-0.3, -0.25) is 20.3 Å². The number of hydrogen-bond donors (Lipinski definition) is 1. The predicted octanol–water partition coefficient (Wildman–Crippen LogP) is 2.17. The summed E-state index contributed by atoms with van der Waals surface area (Å²) in [5.74, 6) is -0.569. The number of rotatable bonds is 4. The van der Waals surface area contributed by atoms with Crippen molar-refractivity contribution in [1.82, 2.24) is 9.66 Å². The monoisotopic (exact) mass is 367 g/mol. The number of anilines is 1. The Hall–Kier alpha value is -3.46. The summed E-state index contributed by atoms with van der Waals surface area (Å²) >= 11 is 0. The van der Waals surface area contributed by atoms with Gasteiger partial charge >= 0.3 is 0 Å². The number of benzene rings is 2. The van der Waals surface area contributed by atoms with Gasteiger partial charge in [0.05, 0.1) is 29.2 Å². The number of amides is 1. The van der Waals surface area contributed by atoms with Crippen molar-refractivity contribution in [2.24, 2.45) is 0 Å². The van der Waals surface area contributed by atoms with E-state index in [0.717, 1.165) is 11.2 Å². The Morgan fingerprint density at radius 1 is 1.19 bits per heavy atom. The second-order valence-corrected chi connectivity index (χ2v) is 6.10. The largest absolute Gasteiger partial charge is 0.378 e. The number of hydrogen-bond acceptors (Lipinski definition) is 6. The van der Waals surface area contributed by atoms with E-state index in [1.54, 1.807) is 18.2 Å². The number of carbonyl (C=O) groups is 1. The lowest BCUT2D eigenvalue weighted by atomic mass is 10.1. The minimum atomic E-state index is -0.569. The first-order valence-corrected chi connectivity index (χ1v) is 8.48. The summed E-state index contributed by atoms with van der Waals surface area (Å²) in [4.78, 5) is 29.9. The summed E-state index contributed by atoms with van der Waals surface area (Å²) in [5, 5.41) is 11.4. The highest BCUT2D eigenvalue weighted by atomic mass is 16.6. The second kappa shape index (κ2) is 7.04. The number of nitrogens with one attached hydrogen (secondary N) is 1.